The predicted octanol–water partition coefficient (Wildman–Crippen LogP) is 3.53. The SMILES string of the molecule is CC(C)Sc1cccc(Cl)c1C1CNC1. The van der Waals surface area contributed by atoms with Crippen LogP contribution in [-0.2, 0) is 0 Å². The Morgan fingerprint density at radius 2 is 2.13 bits per heavy atom. The molecule has 0 unspecified atom stereocenters. The molecule has 1 nitrogen and oxygen atoms in total. The van der Waals surface area contributed by atoms with Gasteiger partial charge in [0.15, 0.2) is 0 Å². The van der Waals surface area contributed by atoms with Crippen LogP contribution in [0.3, 0.4) is 0 Å². The second kappa shape index (κ2) is 4.77. The minimum atomic E-state index is 0.607. The maximum absolute atomic E-state index is 6.28. The number of halogens is 1. The summed E-state index contributed by atoms with van der Waals surface area (Å²) in [5, 5.41) is 4.83. The highest BCUT2D eigenvalue weighted by molar-refractivity contribution is 8.00. The molecular weight excluding hydrogens is 226 g/mol. The van der Waals surface area contributed by atoms with Gasteiger partial charge in [-0.15, -0.1) is 11.8 Å². The van der Waals surface area contributed by atoms with E-state index in [1.807, 2.05) is 23.9 Å². The van der Waals surface area contributed by atoms with Crippen molar-refractivity contribution in [3.05, 3.63) is 28.8 Å². The van der Waals surface area contributed by atoms with E-state index in [0.29, 0.717) is 11.2 Å². The lowest BCUT2D eigenvalue weighted by molar-refractivity contribution is 0.443. The molecule has 0 bridgehead atoms. The summed E-state index contributed by atoms with van der Waals surface area (Å²) in [4.78, 5) is 1.35. The van der Waals surface area contributed by atoms with Crippen LogP contribution in [0.2, 0.25) is 5.02 Å². The molecule has 1 heterocycles. The number of benzene rings is 1. The normalized spacial score (nSPS) is 16.8. The van der Waals surface area contributed by atoms with Gasteiger partial charge in [-0.1, -0.05) is 31.5 Å². The number of hydrogen-bond acceptors (Lipinski definition) is 2. The van der Waals surface area contributed by atoms with Gasteiger partial charge in [-0.25, -0.2) is 0 Å². The molecule has 0 radical (unpaired) electrons. The van der Waals surface area contributed by atoms with Gasteiger partial charge in [0.1, 0.15) is 0 Å². The van der Waals surface area contributed by atoms with Crippen LogP contribution in [0.5, 0.6) is 0 Å². The maximum Gasteiger partial charge on any atom is 0.0452 e. The fourth-order valence-electron chi connectivity index (χ4n) is 1.76. The van der Waals surface area contributed by atoms with Crippen molar-refractivity contribution in [3.8, 4) is 0 Å². The lowest BCUT2D eigenvalue weighted by atomic mass is 9.94. The van der Waals surface area contributed by atoms with Gasteiger partial charge in [-0.3, -0.25) is 0 Å². The Labute approximate surface area is 101 Å². The van der Waals surface area contributed by atoms with Crippen molar-refractivity contribution in [1.82, 2.24) is 5.32 Å². The van der Waals surface area contributed by atoms with Gasteiger partial charge in [-0.2, -0.15) is 0 Å². The summed E-state index contributed by atoms with van der Waals surface area (Å²) in [6.45, 7) is 6.56. The van der Waals surface area contributed by atoms with Gasteiger partial charge in [0.2, 0.25) is 0 Å². The number of rotatable bonds is 3. The van der Waals surface area contributed by atoms with E-state index in [1.165, 1.54) is 10.5 Å². The highest BCUT2D eigenvalue weighted by Crippen LogP contribution is 2.37. The molecule has 1 aliphatic rings. The van der Waals surface area contributed by atoms with Crippen LogP contribution in [0.15, 0.2) is 23.1 Å². The molecule has 15 heavy (non-hydrogen) atoms. The first-order valence-corrected chi connectivity index (χ1v) is 6.60. The standard InChI is InChI=1S/C12H16ClNS/c1-8(2)15-11-5-3-4-10(13)12(11)9-6-14-7-9/h3-5,8-9,14H,6-7H2,1-2H3. The number of thioether (sulfide) groups is 1. The molecule has 0 aliphatic carbocycles. The molecule has 3 heteroatoms. The number of nitrogens with one attached hydrogen (secondary N) is 1. The second-order valence-corrected chi connectivity index (χ2v) is 6.20. The molecule has 1 N–H and O–H groups in total. The van der Waals surface area contributed by atoms with Crippen LogP contribution < -0.4 is 5.32 Å². The summed E-state index contributed by atoms with van der Waals surface area (Å²) >= 11 is 8.18. The highest BCUT2D eigenvalue weighted by atomic mass is 35.5. The largest absolute Gasteiger partial charge is 0.315 e. The first kappa shape index (κ1) is 11.3. The third-order valence-corrected chi connectivity index (χ3v) is 3.98. The van der Waals surface area contributed by atoms with Crippen LogP contribution in [0.4, 0.5) is 0 Å². The molecule has 1 aliphatic heterocycles. The summed E-state index contributed by atoms with van der Waals surface area (Å²) in [6.07, 6.45) is 0. The quantitative estimate of drug-likeness (QED) is 0.813. The summed E-state index contributed by atoms with van der Waals surface area (Å²) in [6, 6.07) is 6.23. The summed E-state index contributed by atoms with van der Waals surface area (Å²) < 4.78 is 0. The lowest BCUT2D eigenvalue weighted by Crippen LogP contribution is -2.40. The van der Waals surface area contributed by atoms with Crippen molar-refractivity contribution in [3.63, 3.8) is 0 Å². The first-order chi connectivity index (χ1) is 7.18. The third-order valence-electron chi connectivity index (χ3n) is 2.57. The Bertz CT molecular complexity index is 347. The van der Waals surface area contributed by atoms with Crippen molar-refractivity contribution >= 4 is 23.4 Å². The van der Waals surface area contributed by atoms with Crippen LogP contribution in [0, 0.1) is 0 Å². The lowest BCUT2D eigenvalue weighted by Gasteiger charge is -2.30. The van der Waals surface area contributed by atoms with Crippen molar-refractivity contribution in [2.75, 3.05) is 13.1 Å². The summed E-state index contributed by atoms with van der Waals surface area (Å²) in [7, 11) is 0. The molecule has 1 aromatic rings. The minimum absolute atomic E-state index is 0.607. The zero-order chi connectivity index (χ0) is 10.8. The topological polar surface area (TPSA) is 12.0 Å². The Kier molecular flexibility index (Phi) is 3.60. The zero-order valence-electron chi connectivity index (χ0n) is 9.09. The van der Waals surface area contributed by atoms with E-state index in [2.05, 4.69) is 25.2 Å². The van der Waals surface area contributed by atoms with E-state index in [0.717, 1.165) is 18.1 Å². The van der Waals surface area contributed by atoms with Gasteiger partial charge >= 0.3 is 0 Å². The third kappa shape index (κ3) is 2.49. The second-order valence-electron chi connectivity index (χ2n) is 4.17. The Morgan fingerprint density at radius 3 is 2.67 bits per heavy atom. The Morgan fingerprint density at radius 1 is 1.40 bits per heavy atom. The molecule has 82 valence electrons. The molecule has 0 amide bonds. The van der Waals surface area contributed by atoms with Gasteiger partial charge in [0.25, 0.3) is 0 Å². The molecule has 2 rings (SSSR count). The van der Waals surface area contributed by atoms with E-state index in [9.17, 15) is 0 Å². The molecule has 0 aromatic heterocycles. The molecular formula is C12H16ClNS. The first-order valence-electron chi connectivity index (χ1n) is 5.34. The Hall–Kier alpha value is -0.180. The van der Waals surface area contributed by atoms with E-state index in [-0.39, 0.29) is 0 Å². The average Bonchev–Trinajstić information content (AvgIpc) is 2.06. The Balaban J connectivity index is 2.30. The molecule has 1 saturated heterocycles. The molecule has 1 aromatic carbocycles. The fourth-order valence-corrected chi connectivity index (χ4v) is 3.22. The highest BCUT2D eigenvalue weighted by Gasteiger charge is 2.24. The van der Waals surface area contributed by atoms with Crippen LogP contribution in [-0.4, -0.2) is 18.3 Å². The zero-order valence-corrected chi connectivity index (χ0v) is 10.7. The minimum Gasteiger partial charge on any atom is -0.315 e. The molecule has 0 spiro atoms. The summed E-state index contributed by atoms with van der Waals surface area (Å²) in [5.41, 5.74) is 1.34. The molecule has 0 atom stereocenters. The van der Waals surface area contributed by atoms with Gasteiger partial charge in [0, 0.05) is 34.2 Å². The smallest absolute Gasteiger partial charge is 0.0452 e. The van der Waals surface area contributed by atoms with Crippen molar-refractivity contribution in [2.45, 2.75) is 29.9 Å². The van der Waals surface area contributed by atoms with Crippen molar-refractivity contribution in [1.29, 1.82) is 0 Å². The van der Waals surface area contributed by atoms with E-state index >= 15 is 0 Å². The van der Waals surface area contributed by atoms with Crippen LogP contribution in [0.1, 0.15) is 25.3 Å². The fraction of sp³-hybridized carbons (Fsp3) is 0.500. The van der Waals surface area contributed by atoms with Gasteiger partial charge in [-0.05, 0) is 17.7 Å². The predicted molar refractivity (Wildman–Crippen MR) is 68.1 cm³/mol. The van der Waals surface area contributed by atoms with E-state index in [4.69, 9.17) is 11.6 Å². The van der Waals surface area contributed by atoms with Gasteiger partial charge < -0.3 is 5.32 Å². The monoisotopic (exact) mass is 241 g/mol. The van der Waals surface area contributed by atoms with E-state index in [1.54, 1.807) is 0 Å². The maximum atomic E-state index is 6.28. The van der Waals surface area contributed by atoms with Crippen LogP contribution >= 0.6 is 23.4 Å². The molecule has 0 saturated carbocycles. The molecule has 1 fully saturated rings. The summed E-state index contributed by atoms with van der Waals surface area (Å²) in [5.74, 6) is 0.611. The van der Waals surface area contributed by atoms with Gasteiger partial charge in [0.05, 0.1) is 0 Å². The van der Waals surface area contributed by atoms with Crippen LogP contribution in [0.25, 0.3) is 0 Å². The van der Waals surface area contributed by atoms with Crippen molar-refractivity contribution < 1.29 is 0 Å². The van der Waals surface area contributed by atoms with Crippen molar-refractivity contribution in [2.24, 2.45) is 0 Å². The number of hydrogen-bond donors (Lipinski definition) is 1. The van der Waals surface area contributed by atoms with E-state index < -0.39 is 0 Å². The average molecular weight is 242 g/mol.